The number of nitrogens with zero attached hydrogens (tertiary/aromatic N) is 3. The minimum absolute atomic E-state index is 0.0214. The molecule has 2 unspecified atom stereocenters. The van der Waals surface area contributed by atoms with Crippen LogP contribution in [0, 0.1) is 23.7 Å². The van der Waals surface area contributed by atoms with Gasteiger partial charge in [-0.05, 0) is 54.9 Å². The second-order valence-corrected chi connectivity index (χ2v) is 8.54. The number of hydrogen-bond acceptors (Lipinski definition) is 4. The van der Waals surface area contributed by atoms with Crippen molar-refractivity contribution < 1.29 is 14.7 Å². The standard InChI is InChI=1S/C27H27N3O3/c1-2-3-7-19-8-6-9-22(16-19)25(31)26-28-18-30(29-26)17-20-12-14-21(15-13-20)23-10-4-5-11-24(23)27(32)33/h4-5,10-15,18-19,22H,6-9,16-17H2,1H3,(H,32,33). The van der Waals surface area contributed by atoms with Gasteiger partial charge in [0, 0.05) is 12.3 Å². The van der Waals surface area contributed by atoms with Crippen molar-refractivity contribution in [2.24, 2.45) is 11.8 Å². The Hall–Kier alpha value is -3.72. The first kappa shape index (κ1) is 22.5. The van der Waals surface area contributed by atoms with Crippen LogP contribution in [-0.2, 0) is 6.54 Å². The molecule has 168 valence electrons. The van der Waals surface area contributed by atoms with Crippen LogP contribution in [0.5, 0.6) is 0 Å². The summed E-state index contributed by atoms with van der Waals surface area (Å²) >= 11 is 0. The van der Waals surface area contributed by atoms with Gasteiger partial charge in [-0.1, -0.05) is 48.9 Å². The molecule has 4 rings (SSSR count). The Bertz CT molecular complexity index is 1200. The fourth-order valence-electron chi connectivity index (χ4n) is 4.53. The fourth-order valence-corrected chi connectivity index (χ4v) is 4.53. The summed E-state index contributed by atoms with van der Waals surface area (Å²) in [7, 11) is 0. The average molecular weight is 442 g/mol. The third kappa shape index (κ3) is 5.38. The van der Waals surface area contributed by atoms with E-state index in [1.54, 1.807) is 29.2 Å². The molecular weight excluding hydrogens is 414 g/mol. The van der Waals surface area contributed by atoms with E-state index in [0.717, 1.165) is 43.2 Å². The summed E-state index contributed by atoms with van der Waals surface area (Å²) < 4.78 is 1.68. The van der Waals surface area contributed by atoms with Crippen LogP contribution in [0.1, 0.15) is 65.6 Å². The van der Waals surface area contributed by atoms with Gasteiger partial charge in [0.25, 0.3) is 0 Å². The molecular formula is C27H27N3O3. The summed E-state index contributed by atoms with van der Waals surface area (Å²) in [6.07, 6.45) is 6.39. The smallest absolute Gasteiger partial charge is 0.336 e. The van der Waals surface area contributed by atoms with Gasteiger partial charge in [0.05, 0.1) is 12.1 Å². The van der Waals surface area contributed by atoms with E-state index in [2.05, 4.69) is 21.9 Å². The number of benzene rings is 2. The molecule has 1 heterocycles. The molecule has 1 saturated carbocycles. The number of hydrogen-bond donors (Lipinski definition) is 1. The molecule has 3 aromatic rings. The zero-order valence-corrected chi connectivity index (χ0v) is 18.7. The maximum atomic E-state index is 13.0. The zero-order valence-electron chi connectivity index (χ0n) is 18.7. The molecule has 0 saturated heterocycles. The topological polar surface area (TPSA) is 85.1 Å². The minimum atomic E-state index is -0.947. The Labute approximate surface area is 193 Å². The molecule has 1 aliphatic rings. The van der Waals surface area contributed by atoms with Gasteiger partial charge >= 0.3 is 5.97 Å². The highest BCUT2D eigenvalue weighted by Gasteiger charge is 2.29. The van der Waals surface area contributed by atoms with Crippen LogP contribution >= 0.6 is 0 Å². The Morgan fingerprint density at radius 2 is 1.91 bits per heavy atom. The molecule has 0 radical (unpaired) electrons. The van der Waals surface area contributed by atoms with Crippen LogP contribution in [0.4, 0.5) is 0 Å². The van der Waals surface area contributed by atoms with Crippen molar-refractivity contribution in [2.45, 2.75) is 45.6 Å². The van der Waals surface area contributed by atoms with E-state index in [0.29, 0.717) is 18.0 Å². The maximum Gasteiger partial charge on any atom is 0.336 e. The van der Waals surface area contributed by atoms with Crippen LogP contribution in [-0.4, -0.2) is 31.6 Å². The normalized spacial score (nSPS) is 17.7. The van der Waals surface area contributed by atoms with Crippen LogP contribution in [0.2, 0.25) is 0 Å². The molecule has 2 aromatic carbocycles. The predicted octanol–water partition coefficient (Wildman–Crippen LogP) is 5.09. The van der Waals surface area contributed by atoms with E-state index in [9.17, 15) is 14.7 Å². The Balaban J connectivity index is 1.42. The number of carboxylic acids is 1. The monoisotopic (exact) mass is 441 g/mol. The Morgan fingerprint density at radius 1 is 1.12 bits per heavy atom. The van der Waals surface area contributed by atoms with Gasteiger partial charge in [0.15, 0.2) is 0 Å². The molecule has 6 nitrogen and oxygen atoms in total. The van der Waals surface area contributed by atoms with Gasteiger partial charge < -0.3 is 5.11 Å². The molecule has 0 spiro atoms. The van der Waals surface area contributed by atoms with Gasteiger partial charge in [0.2, 0.25) is 11.6 Å². The second kappa shape index (κ2) is 10.3. The van der Waals surface area contributed by atoms with Crippen LogP contribution < -0.4 is 0 Å². The molecule has 33 heavy (non-hydrogen) atoms. The molecule has 1 N–H and O–H groups in total. The number of rotatable bonds is 7. The van der Waals surface area contributed by atoms with Crippen molar-refractivity contribution in [1.29, 1.82) is 0 Å². The van der Waals surface area contributed by atoms with Crippen molar-refractivity contribution in [3.63, 3.8) is 0 Å². The van der Waals surface area contributed by atoms with Crippen molar-refractivity contribution in [3.05, 3.63) is 71.8 Å². The highest BCUT2D eigenvalue weighted by Crippen LogP contribution is 2.32. The van der Waals surface area contributed by atoms with Gasteiger partial charge in [-0.2, -0.15) is 0 Å². The van der Waals surface area contributed by atoms with E-state index < -0.39 is 5.97 Å². The number of carboxylic acid groups (broad SMARTS) is 1. The Morgan fingerprint density at radius 3 is 2.67 bits per heavy atom. The van der Waals surface area contributed by atoms with Gasteiger partial charge in [-0.15, -0.1) is 16.9 Å². The molecule has 2 atom stereocenters. The third-order valence-electron chi connectivity index (χ3n) is 6.24. The summed E-state index contributed by atoms with van der Waals surface area (Å²) in [4.78, 5) is 28.7. The first-order valence-corrected chi connectivity index (χ1v) is 11.3. The fraction of sp³-hybridized carbons (Fsp3) is 0.333. The lowest BCUT2D eigenvalue weighted by Gasteiger charge is -2.26. The highest BCUT2D eigenvalue weighted by molar-refractivity contribution is 5.96. The van der Waals surface area contributed by atoms with Crippen molar-refractivity contribution in [1.82, 2.24) is 14.8 Å². The molecule has 6 heteroatoms. The maximum absolute atomic E-state index is 13.0. The molecule has 0 aliphatic heterocycles. The van der Waals surface area contributed by atoms with Gasteiger partial charge in [0.1, 0.15) is 6.33 Å². The van der Waals surface area contributed by atoms with Crippen molar-refractivity contribution >= 4 is 11.8 Å². The highest BCUT2D eigenvalue weighted by atomic mass is 16.4. The number of ketones is 1. The summed E-state index contributed by atoms with van der Waals surface area (Å²) in [5.41, 5.74) is 2.79. The second-order valence-electron chi connectivity index (χ2n) is 8.54. The number of Topliss-reactive ketones (excluding diaryl/α,β-unsaturated/α-hetero) is 1. The number of aromatic carboxylic acids is 1. The van der Waals surface area contributed by atoms with Gasteiger partial charge in [-0.3, -0.25) is 4.79 Å². The van der Waals surface area contributed by atoms with Crippen molar-refractivity contribution in [2.75, 3.05) is 0 Å². The molecule has 1 aromatic heterocycles. The summed E-state index contributed by atoms with van der Waals surface area (Å²) in [6.45, 7) is 2.34. The zero-order chi connectivity index (χ0) is 23.2. The lowest BCUT2D eigenvalue weighted by molar-refractivity contribution is 0.0697. The summed E-state index contributed by atoms with van der Waals surface area (Å²) in [5.74, 6) is 5.92. The van der Waals surface area contributed by atoms with E-state index in [4.69, 9.17) is 0 Å². The lowest BCUT2D eigenvalue weighted by Crippen LogP contribution is -2.24. The predicted molar refractivity (Wildman–Crippen MR) is 126 cm³/mol. The van der Waals surface area contributed by atoms with Gasteiger partial charge in [-0.25, -0.2) is 14.5 Å². The number of carbonyl (C=O) groups excluding carboxylic acids is 1. The van der Waals surface area contributed by atoms with Crippen LogP contribution in [0.25, 0.3) is 11.1 Å². The number of aromatic nitrogens is 3. The summed E-state index contributed by atoms with van der Waals surface area (Å²) in [5, 5.41) is 13.9. The molecule has 0 amide bonds. The summed E-state index contributed by atoms with van der Waals surface area (Å²) in [6, 6.07) is 14.6. The Kier molecular flexibility index (Phi) is 6.99. The van der Waals surface area contributed by atoms with Crippen LogP contribution in [0.15, 0.2) is 54.9 Å². The van der Waals surface area contributed by atoms with E-state index >= 15 is 0 Å². The first-order valence-electron chi connectivity index (χ1n) is 11.3. The first-order chi connectivity index (χ1) is 16.0. The van der Waals surface area contributed by atoms with Crippen LogP contribution in [0.3, 0.4) is 0 Å². The largest absolute Gasteiger partial charge is 0.478 e. The SMILES string of the molecule is CC#CCC1CCCC(C(=O)c2ncn(Cc3ccc(-c4ccccc4C(=O)O)cc3)n2)C1. The number of carbonyl (C=O) groups is 2. The average Bonchev–Trinajstić information content (AvgIpc) is 3.31. The van der Waals surface area contributed by atoms with E-state index in [-0.39, 0.29) is 23.1 Å². The molecule has 1 fully saturated rings. The van der Waals surface area contributed by atoms with E-state index in [1.807, 2.05) is 37.3 Å². The lowest BCUT2D eigenvalue weighted by atomic mass is 9.78. The third-order valence-corrected chi connectivity index (χ3v) is 6.24. The van der Waals surface area contributed by atoms with E-state index in [1.165, 1.54) is 0 Å². The quantitative estimate of drug-likeness (QED) is 0.408. The molecule has 1 aliphatic carbocycles. The molecule has 0 bridgehead atoms. The minimum Gasteiger partial charge on any atom is -0.478 e. The van der Waals surface area contributed by atoms with Crippen molar-refractivity contribution in [3.8, 4) is 23.0 Å².